The third-order valence-electron chi connectivity index (χ3n) is 3.03. The van der Waals surface area contributed by atoms with E-state index in [1.165, 1.54) is 0 Å². The summed E-state index contributed by atoms with van der Waals surface area (Å²) in [4.78, 5) is 0. The predicted molar refractivity (Wildman–Crippen MR) is 72.4 cm³/mol. The minimum atomic E-state index is 0.246. The molecule has 18 heavy (non-hydrogen) atoms. The first-order chi connectivity index (χ1) is 8.61. The average Bonchev–Trinajstić information content (AvgIpc) is 2.92. The van der Waals surface area contributed by atoms with E-state index in [4.69, 9.17) is 4.42 Å². The van der Waals surface area contributed by atoms with E-state index in [9.17, 15) is 0 Å². The van der Waals surface area contributed by atoms with Gasteiger partial charge in [-0.3, -0.25) is 4.68 Å². The van der Waals surface area contributed by atoms with Crippen molar-refractivity contribution in [2.75, 3.05) is 6.54 Å². The molecule has 0 amide bonds. The highest BCUT2D eigenvalue weighted by Crippen LogP contribution is 2.27. The summed E-state index contributed by atoms with van der Waals surface area (Å²) in [6, 6.07) is 4.30. The smallest absolute Gasteiger partial charge is 0.137 e. The molecule has 2 heterocycles. The quantitative estimate of drug-likeness (QED) is 0.883. The maximum absolute atomic E-state index is 5.91. The normalized spacial score (nSPS) is 12.9. The standard InChI is InChI=1S/C14H21N3O/c1-5-8-15-11(3)13-6-7-14(18-13)12-9-17(4)16-10(12)2/h6-7,9,11,15H,5,8H2,1-4H3. The summed E-state index contributed by atoms with van der Waals surface area (Å²) in [6.07, 6.45) is 3.11. The van der Waals surface area contributed by atoms with Gasteiger partial charge >= 0.3 is 0 Å². The molecule has 4 nitrogen and oxygen atoms in total. The van der Waals surface area contributed by atoms with E-state index < -0.39 is 0 Å². The Kier molecular flexibility index (Phi) is 3.87. The number of nitrogens with zero attached hydrogens (tertiary/aromatic N) is 2. The van der Waals surface area contributed by atoms with Crippen molar-refractivity contribution in [2.24, 2.45) is 7.05 Å². The summed E-state index contributed by atoms with van der Waals surface area (Å²) in [6.45, 7) is 7.28. The van der Waals surface area contributed by atoms with Gasteiger partial charge in [-0.05, 0) is 38.9 Å². The molecule has 4 heteroatoms. The second-order valence-electron chi connectivity index (χ2n) is 4.68. The molecule has 1 unspecified atom stereocenters. The summed E-state index contributed by atoms with van der Waals surface area (Å²) in [5.74, 6) is 1.86. The maximum atomic E-state index is 5.91. The van der Waals surface area contributed by atoms with Crippen LogP contribution >= 0.6 is 0 Å². The number of aromatic nitrogens is 2. The van der Waals surface area contributed by atoms with Crippen LogP contribution in [0.4, 0.5) is 0 Å². The molecular weight excluding hydrogens is 226 g/mol. The number of rotatable bonds is 5. The largest absolute Gasteiger partial charge is 0.459 e. The fourth-order valence-corrected chi connectivity index (χ4v) is 2.03. The number of furan rings is 1. The third kappa shape index (κ3) is 2.64. The first-order valence-electron chi connectivity index (χ1n) is 6.45. The average molecular weight is 247 g/mol. The molecule has 1 atom stereocenters. The summed E-state index contributed by atoms with van der Waals surface area (Å²) in [5.41, 5.74) is 2.05. The zero-order valence-corrected chi connectivity index (χ0v) is 11.5. The van der Waals surface area contributed by atoms with Crippen molar-refractivity contribution in [3.63, 3.8) is 0 Å². The van der Waals surface area contributed by atoms with Crippen molar-refractivity contribution in [1.29, 1.82) is 0 Å². The minimum Gasteiger partial charge on any atom is -0.459 e. The van der Waals surface area contributed by atoms with Crippen LogP contribution in [-0.2, 0) is 7.05 Å². The Morgan fingerprint density at radius 3 is 2.83 bits per heavy atom. The van der Waals surface area contributed by atoms with Crippen LogP contribution in [0.1, 0.15) is 37.8 Å². The minimum absolute atomic E-state index is 0.246. The lowest BCUT2D eigenvalue weighted by molar-refractivity contribution is 0.438. The molecule has 2 rings (SSSR count). The molecule has 0 aliphatic carbocycles. The highest BCUT2D eigenvalue weighted by atomic mass is 16.3. The maximum Gasteiger partial charge on any atom is 0.137 e. The second kappa shape index (κ2) is 5.40. The third-order valence-corrected chi connectivity index (χ3v) is 3.03. The van der Waals surface area contributed by atoms with Gasteiger partial charge in [0.1, 0.15) is 11.5 Å². The number of hydrogen-bond acceptors (Lipinski definition) is 3. The Bertz CT molecular complexity index is 513. The monoisotopic (exact) mass is 247 g/mol. The van der Waals surface area contributed by atoms with Crippen LogP contribution in [0.3, 0.4) is 0 Å². The van der Waals surface area contributed by atoms with Crippen molar-refractivity contribution in [2.45, 2.75) is 33.2 Å². The highest BCUT2D eigenvalue weighted by molar-refractivity contribution is 5.59. The topological polar surface area (TPSA) is 43.0 Å². The van der Waals surface area contributed by atoms with E-state index in [-0.39, 0.29) is 6.04 Å². The van der Waals surface area contributed by atoms with Crippen molar-refractivity contribution in [1.82, 2.24) is 15.1 Å². The molecule has 0 radical (unpaired) electrons. The van der Waals surface area contributed by atoms with Crippen molar-refractivity contribution >= 4 is 0 Å². The van der Waals surface area contributed by atoms with Crippen LogP contribution in [0.5, 0.6) is 0 Å². The van der Waals surface area contributed by atoms with Gasteiger partial charge in [0.25, 0.3) is 0 Å². The first-order valence-corrected chi connectivity index (χ1v) is 6.45. The molecule has 98 valence electrons. The molecule has 0 aliphatic rings. The molecule has 2 aromatic rings. The lowest BCUT2D eigenvalue weighted by Gasteiger charge is -2.09. The highest BCUT2D eigenvalue weighted by Gasteiger charge is 2.13. The van der Waals surface area contributed by atoms with Crippen LogP contribution in [0.2, 0.25) is 0 Å². The zero-order valence-electron chi connectivity index (χ0n) is 11.5. The summed E-state index contributed by atoms with van der Waals surface area (Å²) in [7, 11) is 1.92. The van der Waals surface area contributed by atoms with Crippen LogP contribution in [0.25, 0.3) is 11.3 Å². The van der Waals surface area contributed by atoms with Crippen LogP contribution in [0, 0.1) is 6.92 Å². The van der Waals surface area contributed by atoms with Gasteiger partial charge in [0.05, 0.1) is 17.3 Å². The van der Waals surface area contributed by atoms with Crippen molar-refractivity contribution in [3.05, 3.63) is 29.8 Å². The summed E-state index contributed by atoms with van der Waals surface area (Å²) in [5, 5.41) is 7.75. The van der Waals surface area contributed by atoms with E-state index in [1.807, 2.05) is 37.0 Å². The fourth-order valence-electron chi connectivity index (χ4n) is 2.03. The van der Waals surface area contributed by atoms with E-state index in [0.29, 0.717) is 0 Å². The Balaban J connectivity index is 2.17. The SMILES string of the molecule is CCCNC(C)c1ccc(-c2cn(C)nc2C)o1. The number of hydrogen-bond donors (Lipinski definition) is 1. The number of aryl methyl sites for hydroxylation is 2. The molecule has 0 aliphatic heterocycles. The van der Waals surface area contributed by atoms with Gasteiger partial charge < -0.3 is 9.73 Å². The Hall–Kier alpha value is -1.55. The van der Waals surface area contributed by atoms with E-state index in [2.05, 4.69) is 24.3 Å². The lowest BCUT2D eigenvalue weighted by atomic mass is 10.2. The Morgan fingerprint density at radius 2 is 2.22 bits per heavy atom. The zero-order chi connectivity index (χ0) is 13.1. The Morgan fingerprint density at radius 1 is 1.44 bits per heavy atom. The summed E-state index contributed by atoms with van der Waals surface area (Å²) >= 11 is 0. The lowest BCUT2D eigenvalue weighted by Crippen LogP contribution is -2.18. The van der Waals surface area contributed by atoms with E-state index in [0.717, 1.165) is 35.7 Å². The predicted octanol–water partition coefficient (Wildman–Crippen LogP) is 3.05. The molecule has 0 saturated heterocycles. The molecule has 0 fully saturated rings. The van der Waals surface area contributed by atoms with Gasteiger partial charge in [0.15, 0.2) is 0 Å². The van der Waals surface area contributed by atoms with E-state index in [1.54, 1.807) is 0 Å². The number of nitrogens with one attached hydrogen (secondary N) is 1. The molecule has 0 saturated carbocycles. The van der Waals surface area contributed by atoms with Gasteiger partial charge in [-0.2, -0.15) is 5.10 Å². The molecule has 0 bridgehead atoms. The van der Waals surface area contributed by atoms with Gasteiger partial charge in [0, 0.05) is 13.2 Å². The van der Waals surface area contributed by atoms with E-state index >= 15 is 0 Å². The molecule has 0 spiro atoms. The van der Waals surface area contributed by atoms with Crippen molar-refractivity contribution in [3.8, 4) is 11.3 Å². The van der Waals surface area contributed by atoms with Crippen LogP contribution < -0.4 is 5.32 Å². The first kappa shape index (κ1) is 12.9. The van der Waals surface area contributed by atoms with Gasteiger partial charge in [-0.25, -0.2) is 0 Å². The van der Waals surface area contributed by atoms with Crippen LogP contribution in [0.15, 0.2) is 22.7 Å². The Labute approximate surface area is 108 Å². The summed E-state index contributed by atoms with van der Waals surface area (Å²) < 4.78 is 7.72. The van der Waals surface area contributed by atoms with Gasteiger partial charge in [0.2, 0.25) is 0 Å². The van der Waals surface area contributed by atoms with Gasteiger partial charge in [-0.15, -0.1) is 0 Å². The fraction of sp³-hybridized carbons (Fsp3) is 0.500. The molecule has 0 aromatic carbocycles. The molecule has 1 N–H and O–H groups in total. The molecule has 2 aromatic heterocycles. The van der Waals surface area contributed by atoms with Crippen LogP contribution in [-0.4, -0.2) is 16.3 Å². The van der Waals surface area contributed by atoms with Gasteiger partial charge in [-0.1, -0.05) is 6.92 Å². The molecular formula is C14H21N3O. The second-order valence-corrected chi connectivity index (χ2v) is 4.68. The van der Waals surface area contributed by atoms with Crippen molar-refractivity contribution < 1.29 is 4.42 Å².